The van der Waals surface area contributed by atoms with Gasteiger partial charge in [-0.2, -0.15) is 0 Å². The summed E-state index contributed by atoms with van der Waals surface area (Å²) in [5, 5.41) is 2.67. The standard InChI is InChI=1S/C18H23N5O2/c1-12-6-13(2)9-22(8-12)18(25)16-10-23(11-20-16)17-5-4-15(7-19-17)21-14(3)24/h4-5,7,10-13H,6,8-9H2,1-3H3,(H,21,24). The van der Waals surface area contributed by atoms with E-state index in [1.807, 2.05) is 4.90 Å². The van der Waals surface area contributed by atoms with Crippen LogP contribution in [0, 0.1) is 11.8 Å². The lowest BCUT2D eigenvalue weighted by atomic mass is 9.92. The topological polar surface area (TPSA) is 80.1 Å². The number of rotatable bonds is 3. The molecule has 0 bridgehead atoms. The molecule has 7 heteroatoms. The fourth-order valence-corrected chi connectivity index (χ4v) is 3.37. The molecular formula is C18H23N5O2. The Balaban J connectivity index is 1.73. The van der Waals surface area contributed by atoms with Crippen molar-refractivity contribution in [2.75, 3.05) is 18.4 Å². The monoisotopic (exact) mass is 341 g/mol. The van der Waals surface area contributed by atoms with Crippen LogP contribution in [0.15, 0.2) is 30.9 Å². The van der Waals surface area contributed by atoms with Crippen molar-refractivity contribution in [1.29, 1.82) is 0 Å². The molecule has 1 aliphatic rings. The minimum absolute atomic E-state index is 0.0352. The van der Waals surface area contributed by atoms with Gasteiger partial charge in [-0.3, -0.25) is 14.2 Å². The lowest BCUT2D eigenvalue weighted by Gasteiger charge is -2.34. The number of carbonyl (C=O) groups excluding carboxylic acids is 2. The molecule has 0 saturated carbocycles. The van der Waals surface area contributed by atoms with Gasteiger partial charge in [0.15, 0.2) is 0 Å². The van der Waals surface area contributed by atoms with Gasteiger partial charge in [-0.15, -0.1) is 0 Å². The van der Waals surface area contributed by atoms with Crippen molar-refractivity contribution in [2.45, 2.75) is 27.2 Å². The summed E-state index contributed by atoms with van der Waals surface area (Å²) in [5.41, 5.74) is 1.05. The van der Waals surface area contributed by atoms with Crippen LogP contribution in [-0.2, 0) is 4.79 Å². The van der Waals surface area contributed by atoms with E-state index in [-0.39, 0.29) is 11.8 Å². The van der Waals surface area contributed by atoms with Gasteiger partial charge >= 0.3 is 0 Å². The third-order valence-corrected chi connectivity index (χ3v) is 4.29. The van der Waals surface area contributed by atoms with Crippen LogP contribution in [-0.4, -0.2) is 44.3 Å². The predicted octanol–water partition coefficient (Wildman–Crippen LogP) is 2.34. The Hall–Kier alpha value is -2.70. The molecule has 2 amide bonds. The molecule has 1 aliphatic heterocycles. The van der Waals surface area contributed by atoms with Crippen molar-refractivity contribution in [3.63, 3.8) is 0 Å². The Labute approximate surface area is 147 Å². The van der Waals surface area contributed by atoms with E-state index in [4.69, 9.17) is 0 Å². The van der Waals surface area contributed by atoms with E-state index in [2.05, 4.69) is 29.1 Å². The Kier molecular flexibility index (Phi) is 4.83. The lowest BCUT2D eigenvalue weighted by Crippen LogP contribution is -2.42. The molecule has 2 aromatic heterocycles. The number of likely N-dealkylation sites (tertiary alicyclic amines) is 1. The Morgan fingerprint density at radius 3 is 2.48 bits per heavy atom. The van der Waals surface area contributed by atoms with E-state index in [0.29, 0.717) is 29.0 Å². The van der Waals surface area contributed by atoms with Gasteiger partial charge in [0.25, 0.3) is 5.91 Å². The molecule has 7 nitrogen and oxygen atoms in total. The first kappa shape index (κ1) is 17.1. The molecule has 0 aliphatic carbocycles. The normalized spacial score (nSPS) is 20.4. The molecule has 0 spiro atoms. The Morgan fingerprint density at radius 2 is 1.88 bits per heavy atom. The molecule has 3 rings (SSSR count). The Bertz CT molecular complexity index is 758. The van der Waals surface area contributed by atoms with Gasteiger partial charge in [0.2, 0.25) is 5.91 Å². The van der Waals surface area contributed by atoms with Gasteiger partial charge in [0, 0.05) is 26.2 Å². The summed E-state index contributed by atoms with van der Waals surface area (Å²) in [6.45, 7) is 7.35. The zero-order valence-corrected chi connectivity index (χ0v) is 14.8. The Morgan fingerprint density at radius 1 is 1.16 bits per heavy atom. The number of nitrogens with zero attached hydrogens (tertiary/aromatic N) is 4. The number of aromatic nitrogens is 3. The molecular weight excluding hydrogens is 318 g/mol. The van der Waals surface area contributed by atoms with Crippen LogP contribution < -0.4 is 5.32 Å². The van der Waals surface area contributed by atoms with Crippen molar-refractivity contribution in [3.05, 3.63) is 36.5 Å². The highest BCUT2D eigenvalue weighted by molar-refractivity contribution is 5.92. The number of piperidine rings is 1. The minimum atomic E-state index is -0.143. The van der Waals surface area contributed by atoms with E-state index in [1.165, 1.54) is 6.92 Å². The van der Waals surface area contributed by atoms with Crippen LogP contribution >= 0.6 is 0 Å². The number of hydrogen-bond acceptors (Lipinski definition) is 4. The van der Waals surface area contributed by atoms with Crippen LogP contribution in [0.25, 0.3) is 5.82 Å². The van der Waals surface area contributed by atoms with Crippen molar-refractivity contribution in [3.8, 4) is 5.82 Å². The first-order chi connectivity index (χ1) is 11.9. The van der Waals surface area contributed by atoms with Crippen LogP contribution in [0.3, 0.4) is 0 Å². The SMILES string of the molecule is CC(=O)Nc1ccc(-n2cnc(C(=O)N3CC(C)CC(C)C3)c2)nc1. The zero-order chi connectivity index (χ0) is 18.0. The maximum Gasteiger partial charge on any atom is 0.274 e. The van der Waals surface area contributed by atoms with Crippen molar-refractivity contribution < 1.29 is 9.59 Å². The molecule has 3 heterocycles. The highest BCUT2D eigenvalue weighted by Crippen LogP contribution is 2.22. The molecule has 2 aromatic rings. The predicted molar refractivity (Wildman–Crippen MR) is 94.5 cm³/mol. The first-order valence-corrected chi connectivity index (χ1v) is 8.49. The zero-order valence-electron chi connectivity index (χ0n) is 14.8. The summed E-state index contributed by atoms with van der Waals surface area (Å²) in [6, 6.07) is 3.53. The number of pyridine rings is 1. The van der Waals surface area contributed by atoms with Crippen molar-refractivity contribution in [1.82, 2.24) is 19.4 Å². The van der Waals surface area contributed by atoms with E-state index < -0.39 is 0 Å². The molecule has 2 unspecified atom stereocenters. The molecule has 0 aromatic carbocycles. The molecule has 2 atom stereocenters. The number of anilines is 1. The van der Waals surface area contributed by atoms with Gasteiger partial charge in [0.1, 0.15) is 17.8 Å². The third kappa shape index (κ3) is 4.04. The van der Waals surface area contributed by atoms with Gasteiger partial charge in [-0.1, -0.05) is 13.8 Å². The quantitative estimate of drug-likeness (QED) is 0.929. The van der Waals surface area contributed by atoms with E-state index in [0.717, 1.165) is 19.5 Å². The minimum Gasteiger partial charge on any atom is -0.337 e. The lowest BCUT2D eigenvalue weighted by molar-refractivity contribution is -0.114. The number of nitrogens with one attached hydrogen (secondary N) is 1. The average molecular weight is 341 g/mol. The fourth-order valence-electron chi connectivity index (χ4n) is 3.37. The van der Waals surface area contributed by atoms with Crippen LogP contribution in [0.5, 0.6) is 0 Å². The van der Waals surface area contributed by atoms with Crippen molar-refractivity contribution >= 4 is 17.5 Å². The summed E-state index contributed by atoms with van der Waals surface area (Å²) in [4.78, 5) is 34.2. The second-order valence-corrected chi connectivity index (χ2v) is 6.91. The maximum atomic E-state index is 12.7. The van der Waals surface area contributed by atoms with Crippen LogP contribution in [0.1, 0.15) is 37.7 Å². The van der Waals surface area contributed by atoms with Gasteiger partial charge in [-0.25, -0.2) is 9.97 Å². The molecule has 132 valence electrons. The van der Waals surface area contributed by atoms with Crippen LogP contribution in [0.2, 0.25) is 0 Å². The molecule has 1 N–H and O–H groups in total. The largest absolute Gasteiger partial charge is 0.337 e. The number of carbonyl (C=O) groups is 2. The number of amides is 2. The second-order valence-electron chi connectivity index (χ2n) is 6.91. The molecule has 25 heavy (non-hydrogen) atoms. The first-order valence-electron chi connectivity index (χ1n) is 8.49. The molecule has 1 saturated heterocycles. The van der Waals surface area contributed by atoms with E-state index in [9.17, 15) is 9.59 Å². The van der Waals surface area contributed by atoms with Gasteiger partial charge in [-0.05, 0) is 30.4 Å². The van der Waals surface area contributed by atoms with Crippen LogP contribution in [0.4, 0.5) is 5.69 Å². The molecule has 0 radical (unpaired) electrons. The average Bonchev–Trinajstić information content (AvgIpc) is 3.03. The van der Waals surface area contributed by atoms with Gasteiger partial charge in [0.05, 0.1) is 11.9 Å². The van der Waals surface area contributed by atoms with Gasteiger partial charge < -0.3 is 10.2 Å². The smallest absolute Gasteiger partial charge is 0.274 e. The third-order valence-electron chi connectivity index (χ3n) is 4.29. The van der Waals surface area contributed by atoms with E-state index >= 15 is 0 Å². The number of imidazole rings is 1. The van der Waals surface area contributed by atoms with E-state index in [1.54, 1.807) is 35.4 Å². The maximum absolute atomic E-state index is 12.7. The fraction of sp³-hybridized carbons (Fsp3) is 0.444. The summed E-state index contributed by atoms with van der Waals surface area (Å²) >= 11 is 0. The molecule has 1 fully saturated rings. The highest BCUT2D eigenvalue weighted by Gasteiger charge is 2.27. The van der Waals surface area contributed by atoms with Crippen molar-refractivity contribution in [2.24, 2.45) is 11.8 Å². The summed E-state index contributed by atoms with van der Waals surface area (Å²) in [5.74, 6) is 1.48. The highest BCUT2D eigenvalue weighted by atomic mass is 16.2. The summed E-state index contributed by atoms with van der Waals surface area (Å²) in [6.07, 6.45) is 6.02. The summed E-state index contributed by atoms with van der Waals surface area (Å²) in [7, 11) is 0. The number of hydrogen-bond donors (Lipinski definition) is 1. The summed E-state index contributed by atoms with van der Waals surface area (Å²) < 4.78 is 1.71. The second kappa shape index (κ2) is 7.04.